The average Bonchev–Trinajstić information content (AvgIpc) is 3.10. The Balaban J connectivity index is 0.00000196. The minimum absolute atomic E-state index is 0. The van der Waals surface area contributed by atoms with Crippen molar-refractivity contribution in [1.29, 1.82) is 0 Å². The van der Waals surface area contributed by atoms with E-state index in [4.69, 9.17) is 4.74 Å². The Labute approximate surface area is 159 Å². The van der Waals surface area contributed by atoms with Gasteiger partial charge in [0.1, 0.15) is 0 Å². The third-order valence-electron chi connectivity index (χ3n) is 4.67. The first-order valence-corrected chi connectivity index (χ1v) is 8.76. The normalized spacial score (nSPS) is 12.3. The molecule has 0 unspecified atom stereocenters. The summed E-state index contributed by atoms with van der Waals surface area (Å²) >= 11 is 0. The molecular weight excluding hydrogens is 348 g/mol. The zero-order valence-corrected chi connectivity index (χ0v) is 15.4. The minimum atomic E-state index is -0.283. The predicted octanol–water partition coefficient (Wildman–Crippen LogP) is 1.07. The number of pyridine rings is 1. The highest BCUT2D eigenvalue weighted by molar-refractivity contribution is 5.94. The van der Waals surface area contributed by atoms with E-state index in [9.17, 15) is 4.79 Å². The van der Waals surface area contributed by atoms with Crippen LogP contribution in [0.3, 0.4) is 0 Å². The molecule has 0 radical (unpaired) electrons. The lowest BCUT2D eigenvalue weighted by Crippen LogP contribution is -3.00. The molecule has 2 aromatic carbocycles. The molecule has 5 heteroatoms. The molecule has 0 fully saturated rings. The van der Waals surface area contributed by atoms with Crippen molar-refractivity contribution >= 4 is 28.2 Å². The number of ether oxygens (including phenoxy) is 1. The number of rotatable bonds is 4. The summed E-state index contributed by atoms with van der Waals surface area (Å²) in [4.78, 5) is 15.4. The third kappa shape index (κ3) is 3.37. The van der Waals surface area contributed by atoms with Crippen LogP contribution in [-0.2, 0) is 17.6 Å². The van der Waals surface area contributed by atoms with Crippen LogP contribution < -0.4 is 22.7 Å². The van der Waals surface area contributed by atoms with E-state index in [1.807, 2.05) is 19.1 Å². The molecule has 0 saturated heterocycles. The highest BCUT2D eigenvalue weighted by atomic mass is 35.5. The first-order valence-electron chi connectivity index (χ1n) is 8.76. The Hall–Kier alpha value is -2.59. The lowest BCUT2D eigenvalue weighted by Gasteiger charge is -2.12. The number of anilines is 2. The van der Waals surface area contributed by atoms with Gasteiger partial charge in [-0.05, 0) is 50.1 Å². The van der Waals surface area contributed by atoms with Gasteiger partial charge < -0.3 is 22.5 Å². The number of benzene rings is 2. The number of carbonyl (C=O) groups is 1. The number of para-hydroxylation sites is 1. The zero-order valence-electron chi connectivity index (χ0n) is 14.6. The number of carbonyl (C=O) groups excluding carboxylic acids is 1. The van der Waals surface area contributed by atoms with Crippen molar-refractivity contribution in [2.45, 2.75) is 26.2 Å². The molecule has 2 N–H and O–H groups in total. The molecule has 26 heavy (non-hydrogen) atoms. The maximum absolute atomic E-state index is 11.8. The van der Waals surface area contributed by atoms with Crippen LogP contribution in [0.1, 0.15) is 35.0 Å². The Bertz CT molecular complexity index is 939. The minimum Gasteiger partial charge on any atom is -1.00 e. The van der Waals surface area contributed by atoms with Crippen molar-refractivity contribution in [2.24, 2.45) is 0 Å². The van der Waals surface area contributed by atoms with Crippen molar-refractivity contribution in [3.63, 3.8) is 0 Å². The summed E-state index contributed by atoms with van der Waals surface area (Å²) in [6, 6.07) is 15.8. The summed E-state index contributed by atoms with van der Waals surface area (Å²) in [6.45, 7) is 2.20. The Morgan fingerprint density at radius 2 is 1.88 bits per heavy atom. The molecule has 1 aromatic heterocycles. The summed E-state index contributed by atoms with van der Waals surface area (Å²) in [5.41, 5.74) is 6.56. The molecule has 0 spiro atoms. The van der Waals surface area contributed by atoms with Gasteiger partial charge in [-0.15, -0.1) is 0 Å². The van der Waals surface area contributed by atoms with Crippen LogP contribution in [-0.4, -0.2) is 12.6 Å². The Morgan fingerprint density at radius 1 is 1.12 bits per heavy atom. The molecule has 1 heterocycles. The SMILES string of the molecule is CCOC(=O)c1ccc(Nc2c3c([nH+]c4ccccc24)CCC3)cc1.[Cl-]. The number of H-pyrrole nitrogens is 1. The van der Waals surface area contributed by atoms with E-state index in [1.54, 1.807) is 12.1 Å². The van der Waals surface area contributed by atoms with Crippen LogP contribution in [0.25, 0.3) is 10.9 Å². The van der Waals surface area contributed by atoms with Gasteiger partial charge in [-0.2, -0.15) is 0 Å². The van der Waals surface area contributed by atoms with Gasteiger partial charge >= 0.3 is 5.97 Å². The molecule has 3 aromatic rings. The molecular formula is C21H21ClN2O2. The molecule has 4 nitrogen and oxygen atoms in total. The number of halogens is 1. The van der Waals surface area contributed by atoms with Crippen molar-refractivity contribution in [3.8, 4) is 0 Å². The van der Waals surface area contributed by atoms with E-state index in [0.29, 0.717) is 12.2 Å². The molecule has 134 valence electrons. The summed E-state index contributed by atoms with van der Waals surface area (Å²) in [5, 5.41) is 4.77. The van der Waals surface area contributed by atoms with Crippen LogP contribution in [0.4, 0.5) is 11.4 Å². The van der Waals surface area contributed by atoms with Gasteiger partial charge in [-0.1, -0.05) is 12.1 Å². The number of fused-ring (bicyclic) bond motifs is 2. The second-order valence-corrected chi connectivity index (χ2v) is 6.28. The monoisotopic (exact) mass is 368 g/mol. The number of hydrogen-bond acceptors (Lipinski definition) is 3. The fourth-order valence-corrected chi connectivity index (χ4v) is 3.48. The first kappa shape index (κ1) is 18.2. The van der Waals surface area contributed by atoms with Crippen molar-refractivity contribution in [3.05, 3.63) is 65.4 Å². The number of hydrogen-bond donors (Lipinski definition) is 1. The Kier molecular flexibility index (Phi) is 5.43. The van der Waals surface area contributed by atoms with Gasteiger partial charge in [-0.3, -0.25) is 0 Å². The molecule has 1 aliphatic carbocycles. The van der Waals surface area contributed by atoms with E-state index < -0.39 is 0 Å². The van der Waals surface area contributed by atoms with Crippen molar-refractivity contribution in [1.82, 2.24) is 0 Å². The van der Waals surface area contributed by atoms with Crippen LogP contribution in [0.2, 0.25) is 0 Å². The molecule has 0 bridgehead atoms. The quantitative estimate of drug-likeness (QED) is 0.701. The molecule has 1 aliphatic rings. The van der Waals surface area contributed by atoms with E-state index >= 15 is 0 Å². The number of nitrogens with one attached hydrogen (secondary N) is 2. The number of aryl methyl sites for hydroxylation is 1. The van der Waals surface area contributed by atoms with Crippen LogP contribution in [0.15, 0.2) is 48.5 Å². The molecule has 4 rings (SSSR count). The van der Waals surface area contributed by atoms with E-state index in [-0.39, 0.29) is 18.4 Å². The molecule has 0 aliphatic heterocycles. The highest BCUT2D eigenvalue weighted by Crippen LogP contribution is 2.34. The van der Waals surface area contributed by atoms with Gasteiger partial charge in [0.2, 0.25) is 5.52 Å². The summed E-state index contributed by atoms with van der Waals surface area (Å²) in [6.07, 6.45) is 3.36. The van der Waals surface area contributed by atoms with Gasteiger partial charge in [0.25, 0.3) is 0 Å². The number of esters is 1. The highest BCUT2D eigenvalue weighted by Gasteiger charge is 2.24. The third-order valence-corrected chi connectivity index (χ3v) is 4.67. The fourth-order valence-electron chi connectivity index (χ4n) is 3.48. The summed E-state index contributed by atoms with van der Waals surface area (Å²) < 4.78 is 5.04. The molecule has 0 saturated carbocycles. The van der Waals surface area contributed by atoms with E-state index in [2.05, 4.69) is 34.6 Å². The van der Waals surface area contributed by atoms with Crippen LogP contribution in [0.5, 0.6) is 0 Å². The van der Waals surface area contributed by atoms with Gasteiger partial charge in [-0.25, -0.2) is 9.78 Å². The summed E-state index contributed by atoms with van der Waals surface area (Å²) in [5.74, 6) is -0.283. The summed E-state index contributed by atoms with van der Waals surface area (Å²) in [7, 11) is 0. The zero-order chi connectivity index (χ0) is 17.2. The van der Waals surface area contributed by atoms with Gasteiger partial charge in [0.15, 0.2) is 5.69 Å². The number of aromatic amines is 1. The smallest absolute Gasteiger partial charge is 0.338 e. The fraction of sp³-hybridized carbons (Fsp3) is 0.238. The Morgan fingerprint density at radius 3 is 2.65 bits per heavy atom. The second-order valence-electron chi connectivity index (χ2n) is 6.28. The maximum atomic E-state index is 11.8. The van der Waals surface area contributed by atoms with Gasteiger partial charge in [0.05, 0.1) is 23.2 Å². The topological polar surface area (TPSA) is 52.5 Å². The molecule has 0 amide bonds. The average molecular weight is 369 g/mol. The first-order chi connectivity index (χ1) is 12.3. The predicted molar refractivity (Wildman–Crippen MR) is 98.2 cm³/mol. The number of aromatic nitrogens is 1. The lowest BCUT2D eigenvalue weighted by atomic mass is 10.1. The van der Waals surface area contributed by atoms with Gasteiger partial charge in [0, 0.05) is 23.7 Å². The second kappa shape index (κ2) is 7.75. The van der Waals surface area contributed by atoms with E-state index in [1.165, 1.54) is 28.8 Å². The maximum Gasteiger partial charge on any atom is 0.338 e. The van der Waals surface area contributed by atoms with Crippen molar-refractivity contribution in [2.75, 3.05) is 11.9 Å². The van der Waals surface area contributed by atoms with E-state index in [0.717, 1.165) is 24.0 Å². The molecule has 0 atom stereocenters. The van der Waals surface area contributed by atoms with Crippen molar-refractivity contribution < 1.29 is 26.9 Å². The van der Waals surface area contributed by atoms with Crippen LogP contribution >= 0.6 is 0 Å². The standard InChI is InChI=1S/C21H20N2O2.ClH/c1-2-25-21(24)14-10-12-15(13-11-14)22-20-16-6-3-4-8-18(16)23-19-9-5-7-17(19)20;/h3-4,6,8,10-13H,2,5,7,9H2,1H3,(H,22,23);1H. The largest absolute Gasteiger partial charge is 1.00 e. The lowest BCUT2D eigenvalue weighted by molar-refractivity contribution is -0.356. The van der Waals surface area contributed by atoms with Crippen LogP contribution in [0, 0.1) is 0 Å².